The van der Waals surface area contributed by atoms with Crippen LogP contribution in [0.25, 0.3) is 0 Å². The molecule has 0 atom stereocenters. The minimum atomic E-state index is -0.0435. The molecule has 0 aliphatic carbocycles. The van der Waals surface area contributed by atoms with Crippen molar-refractivity contribution >= 4 is 11.9 Å². The van der Waals surface area contributed by atoms with Crippen LogP contribution in [-0.2, 0) is 17.9 Å². The lowest BCUT2D eigenvalue weighted by atomic mass is 10.3. The molecule has 2 N–H and O–H groups in total. The summed E-state index contributed by atoms with van der Waals surface area (Å²) in [4.78, 5) is 21.8. The predicted molar refractivity (Wildman–Crippen MR) is 69.8 cm³/mol. The molecular formula is C12H16N6O. The summed E-state index contributed by atoms with van der Waals surface area (Å²) < 4.78 is 1.43. The Morgan fingerprint density at radius 1 is 1.42 bits per heavy atom. The molecule has 0 saturated carbocycles. The van der Waals surface area contributed by atoms with E-state index in [9.17, 15) is 4.79 Å². The van der Waals surface area contributed by atoms with Gasteiger partial charge in [0.2, 0.25) is 11.9 Å². The van der Waals surface area contributed by atoms with Gasteiger partial charge in [-0.2, -0.15) is 0 Å². The van der Waals surface area contributed by atoms with Gasteiger partial charge < -0.3 is 10.6 Å². The van der Waals surface area contributed by atoms with E-state index in [4.69, 9.17) is 5.73 Å². The summed E-state index contributed by atoms with van der Waals surface area (Å²) in [5, 5.41) is 3.89. The maximum absolute atomic E-state index is 12.1. The number of aromatic nitrogens is 4. The third-order valence-corrected chi connectivity index (χ3v) is 2.66. The highest BCUT2D eigenvalue weighted by Gasteiger charge is 2.13. The zero-order valence-electron chi connectivity index (χ0n) is 10.7. The average molecular weight is 260 g/mol. The van der Waals surface area contributed by atoms with Gasteiger partial charge in [0.25, 0.3) is 0 Å². The van der Waals surface area contributed by atoms with Crippen LogP contribution < -0.4 is 5.73 Å². The molecule has 7 heteroatoms. The number of amides is 1. The van der Waals surface area contributed by atoms with Crippen molar-refractivity contribution in [2.75, 3.05) is 12.3 Å². The van der Waals surface area contributed by atoms with Gasteiger partial charge in [0, 0.05) is 12.7 Å². The fraction of sp³-hybridized carbons (Fsp3) is 0.333. The quantitative estimate of drug-likeness (QED) is 0.835. The van der Waals surface area contributed by atoms with Crippen molar-refractivity contribution in [2.45, 2.75) is 20.0 Å². The molecule has 0 unspecified atom stereocenters. The number of carbonyl (C=O) groups excluding carboxylic acids is 1. The number of rotatable bonds is 5. The summed E-state index contributed by atoms with van der Waals surface area (Å²) in [7, 11) is 0. The topological polar surface area (TPSA) is 89.9 Å². The molecule has 0 saturated heterocycles. The van der Waals surface area contributed by atoms with E-state index in [1.807, 2.05) is 25.1 Å². The molecule has 2 aromatic rings. The molecule has 0 spiro atoms. The molecule has 0 aliphatic rings. The van der Waals surface area contributed by atoms with Crippen molar-refractivity contribution in [3.05, 3.63) is 36.4 Å². The molecule has 1 amide bonds. The maximum atomic E-state index is 12.1. The van der Waals surface area contributed by atoms with E-state index in [2.05, 4.69) is 15.1 Å². The summed E-state index contributed by atoms with van der Waals surface area (Å²) in [6.45, 7) is 3.15. The Morgan fingerprint density at radius 2 is 2.26 bits per heavy atom. The zero-order valence-corrected chi connectivity index (χ0v) is 10.7. The molecule has 2 aromatic heterocycles. The lowest BCUT2D eigenvalue weighted by Gasteiger charge is -2.20. The van der Waals surface area contributed by atoms with Gasteiger partial charge >= 0.3 is 0 Å². The number of nitrogens with two attached hydrogens (primary N) is 1. The second kappa shape index (κ2) is 5.94. The van der Waals surface area contributed by atoms with E-state index in [-0.39, 0.29) is 18.4 Å². The van der Waals surface area contributed by atoms with Crippen LogP contribution in [0.4, 0.5) is 5.95 Å². The van der Waals surface area contributed by atoms with E-state index < -0.39 is 0 Å². The molecule has 0 radical (unpaired) electrons. The third-order valence-electron chi connectivity index (χ3n) is 2.66. The fourth-order valence-electron chi connectivity index (χ4n) is 1.69. The van der Waals surface area contributed by atoms with Crippen LogP contribution in [0.1, 0.15) is 12.6 Å². The van der Waals surface area contributed by atoms with E-state index in [1.54, 1.807) is 11.1 Å². The van der Waals surface area contributed by atoms with E-state index in [1.165, 1.54) is 11.0 Å². The van der Waals surface area contributed by atoms with Crippen molar-refractivity contribution in [1.29, 1.82) is 0 Å². The molecule has 0 bridgehead atoms. The summed E-state index contributed by atoms with van der Waals surface area (Å²) in [5.41, 5.74) is 6.27. The van der Waals surface area contributed by atoms with Gasteiger partial charge in [-0.3, -0.25) is 9.78 Å². The van der Waals surface area contributed by atoms with Crippen molar-refractivity contribution in [1.82, 2.24) is 24.6 Å². The molecule has 7 nitrogen and oxygen atoms in total. The summed E-state index contributed by atoms with van der Waals surface area (Å²) >= 11 is 0. The molecule has 2 heterocycles. The third kappa shape index (κ3) is 3.51. The highest BCUT2D eigenvalue weighted by molar-refractivity contribution is 5.75. The molecule has 0 fully saturated rings. The Balaban J connectivity index is 1.99. The number of likely N-dealkylation sites (N-methyl/N-ethyl adjacent to an activating group) is 1. The smallest absolute Gasteiger partial charge is 0.244 e. The molecular weight excluding hydrogens is 244 g/mol. The minimum Gasteiger partial charge on any atom is -0.367 e. The van der Waals surface area contributed by atoms with Crippen molar-refractivity contribution < 1.29 is 4.79 Å². The summed E-state index contributed by atoms with van der Waals surface area (Å²) in [6, 6.07) is 5.64. The number of hydrogen-bond acceptors (Lipinski definition) is 5. The van der Waals surface area contributed by atoms with Crippen molar-refractivity contribution in [3.63, 3.8) is 0 Å². The standard InChI is InChI=1S/C12H16N6O/c1-2-17(7-10-5-3-4-6-14-10)11(19)8-18-9-15-12(13)16-18/h3-6,9H,2,7-8H2,1H3,(H2,13,16). The first-order valence-electron chi connectivity index (χ1n) is 6.01. The molecule has 0 aliphatic heterocycles. The van der Waals surface area contributed by atoms with Crippen molar-refractivity contribution in [2.24, 2.45) is 0 Å². The van der Waals surface area contributed by atoms with Crippen LogP contribution in [0.2, 0.25) is 0 Å². The van der Waals surface area contributed by atoms with Crippen LogP contribution in [0.5, 0.6) is 0 Å². The van der Waals surface area contributed by atoms with Crippen LogP contribution in [0.3, 0.4) is 0 Å². The lowest BCUT2D eigenvalue weighted by molar-refractivity contribution is -0.132. The Kier molecular flexibility index (Phi) is 4.07. The van der Waals surface area contributed by atoms with Crippen LogP contribution in [-0.4, -0.2) is 37.1 Å². The SMILES string of the molecule is CCN(Cc1ccccn1)C(=O)Cn1cnc(N)n1. The normalized spacial score (nSPS) is 10.4. The second-order valence-corrected chi connectivity index (χ2v) is 4.03. The monoisotopic (exact) mass is 260 g/mol. The largest absolute Gasteiger partial charge is 0.367 e. The summed E-state index contributed by atoms with van der Waals surface area (Å²) in [6.07, 6.45) is 3.16. The Bertz CT molecular complexity index is 538. The van der Waals surface area contributed by atoms with Crippen LogP contribution >= 0.6 is 0 Å². The Morgan fingerprint density at radius 3 is 2.84 bits per heavy atom. The van der Waals surface area contributed by atoms with E-state index in [0.717, 1.165) is 5.69 Å². The van der Waals surface area contributed by atoms with Gasteiger partial charge in [-0.25, -0.2) is 9.67 Å². The molecule has 2 rings (SSSR count). The molecule has 100 valence electrons. The van der Waals surface area contributed by atoms with Gasteiger partial charge in [0.1, 0.15) is 12.9 Å². The zero-order chi connectivity index (χ0) is 13.7. The van der Waals surface area contributed by atoms with Gasteiger partial charge in [-0.1, -0.05) is 6.07 Å². The van der Waals surface area contributed by atoms with Crippen LogP contribution in [0.15, 0.2) is 30.7 Å². The van der Waals surface area contributed by atoms with Crippen LogP contribution in [0, 0.1) is 0 Å². The second-order valence-electron chi connectivity index (χ2n) is 4.03. The highest BCUT2D eigenvalue weighted by Crippen LogP contribution is 2.02. The Hall–Kier alpha value is -2.44. The number of anilines is 1. The van der Waals surface area contributed by atoms with Gasteiger partial charge in [-0.05, 0) is 19.1 Å². The Labute approximate surface area is 111 Å². The average Bonchev–Trinajstić information content (AvgIpc) is 2.82. The number of hydrogen-bond donors (Lipinski definition) is 1. The van der Waals surface area contributed by atoms with E-state index in [0.29, 0.717) is 13.1 Å². The molecule has 0 aromatic carbocycles. The minimum absolute atomic E-state index is 0.0435. The number of pyridine rings is 1. The fourth-order valence-corrected chi connectivity index (χ4v) is 1.69. The number of nitrogen functional groups attached to an aromatic ring is 1. The maximum Gasteiger partial charge on any atom is 0.244 e. The van der Waals surface area contributed by atoms with Crippen molar-refractivity contribution in [3.8, 4) is 0 Å². The highest BCUT2D eigenvalue weighted by atomic mass is 16.2. The predicted octanol–water partition coefficient (Wildman–Crippen LogP) is 0.304. The van der Waals surface area contributed by atoms with Gasteiger partial charge in [0.05, 0.1) is 12.2 Å². The lowest BCUT2D eigenvalue weighted by Crippen LogP contribution is -2.33. The molecule has 19 heavy (non-hydrogen) atoms. The number of nitrogens with zero attached hydrogens (tertiary/aromatic N) is 5. The van der Waals surface area contributed by atoms with E-state index >= 15 is 0 Å². The first-order chi connectivity index (χ1) is 9.19. The number of carbonyl (C=O) groups is 1. The summed E-state index contributed by atoms with van der Waals surface area (Å²) in [5.74, 6) is 0.124. The van der Waals surface area contributed by atoms with Gasteiger partial charge in [0.15, 0.2) is 0 Å². The first-order valence-corrected chi connectivity index (χ1v) is 6.01. The van der Waals surface area contributed by atoms with Gasteiger partial charge in [-0.15, -0.1) is 5.10 Å². The first kappa shape index (κ1) is 13.0.